The summed E-state index contributed by atoms with van der Waals surface area (Å²) >= 11 is 0. The van der Waals surface area contributed by atoms with Crippen molar-refractivity contribution in [1.29, 1.82) is 0 Å². The first-order valence-corrected chi connectivity index (χ1v) is 8.85. The molecule has 0 unspecified atom stereocenters. The molecular weight excluding hydrogens is 302 g/mol. The Hall–Kier alpha value is -2.64. The summed E-state index contributed by atoms with van der Waals surface area (Å²) in [5, 5.41) is 0. The van der Waals surface area contributed by atoms with Crippen molar-refractivity contribution < 1.29 is 0 Å². The summed E-state index contributed by atoms with van der Waals surface area (Å²) in [5.41, 5.74) is 5.27. The van der Waals surface area contributed by atoms with Crippen LogP contribution in [-0.2, 0) is 19.5 Å². The van der Waals surface area contributed by atoms with Gasteiger partial charge in [0.1, 0.15) is 0 Å². The topological polar surface area (TPSA) is 3.24 Å². The fraction of sp³-hybridized carbons (Fsp3) is 0.167. The molecule has 0 saturated heterocycles. The molecule has 3 rings (SSSR count). The standard InChI is InChI=1S/C24H25N/c1-2-21-13-15-22(16-14-21)17-18-25(19-23-9-5-3-6-10-23)20-24-11-7-4-8-12-24/h2-16H,1,17-20H2. The van der Waals surface area contributed by atoms with Crippen LogP contribution in [0.25, 0.3) is 6.08 Å². The Labute approximate surface area is 151 Å². The highest BCUT2D eigenvalue weighted by molar-refractivity contribution is 5.47. The van der Waals surface area contributed by atoms with Gasteiger partial charge in [-0.15, -0.1) is 0 Å². The summed E-state index contributed by atoms with van der Waals surface area (Å²) in [6.45, 7) is 6.80. The molecular formula is C24H25N. The van der Waals surface area contributed by atoms with Crippen molar-refractivity contribution in [2.75, 3.05) is 6.54 Å². The Bertz CT molecular complexity index is 719. The monoisotopic (exact) mass is 327 g/mol. The van der Waals surface area contributed by atoms with E-state index in [2.05, 4.69) is 96.4 Å². The summed E-state index contributed by atoms with van der Waals surface area (Å²) in [6.07, 6.45) is 2.94. The third kappa shape index (κ3) is 5.44. The first kappa shape index (κ1) is 17.2. The Morgan fingerprint density at radius 1 is 0.640 bits per heavy atom. The normalized spacial score (nSPS) is 10.8. The van der Waals surface area contributed by atoms with Crippen molar-refractivity contribution >= 4 is 6.08 Å². The minimum absolute atomic E-state index is 0.973. The van der Waals surface area contributed by atoms with E-state index in [0.29, 0.717) is 0 Å². The molecule has 1 nitrogen and oxygen atoms in total. The Kier molecular flexibility index (Phi) is 6.19. The van der Waals surface area contributed by atoms with E-state index in [1.54, 1.807) is 0 Å². The maximum atomic E-state index is 3.82. The fourth-order valence-corrected chi connectivity index (χ4v) is 3.00. The molecule has 3 aromatic carbocycles. The summed E-state index contributed by atoms with van der Waals surface area (Å²) in [6, 6.07) is 30.1. The molecule has 126 valence electrons. The van der Waals surface area contributed by atoms with E-state index in [-0.39, 0.29) is 0 Å². The summed E-state index contributed by atoms with van der Waals surface area (Å²) in [5.74, 6) is 0. The first-order chi connectivity index (χ1) is 12.3. The van der Waals surface area contributed by atoms with Crippen LogP contribution in [0.2, 0.25) is 0 Å². The lowest BCUT2D eigenvalue weighted by Gasteiger charge is -2.23. The van der Waals surface area contributed by atoms with E-state index >= 15 is 0 Å². The molecule has 0 N–H and O–H groups in total. The van der Waals surface area contributed by atoms with Gasteiger partial charge in [0.05, 0.1) is 0 Å². The van der Waals surface area contributed by atoms with Crippen LogP contribution in [0.5, 0.6) is 0 Å². The molecule has 0 aliphatic heterocycles. The molecule has 1 heteroatoms. The van der Waals surface area contributed by atoms with Crippen molar-refractivity contribution in [2.45, 2.75) is 19.5 Å². The van der Waals surface area contributed by atoms with Gasteiger partial charge < -0.3 is 0 Å². The molecule has 0 aliphatic rings. The predicted molar refractivity (Wildman–Crippen MR) is 107 cm³/mol. The van der Waals surface area contributed by atoms with E-state index in [9.17, 15) is 0 Å². The van der Waals surface area contributed by atoms with Crippen LogP contribution >= 0.6 is 0 Å². The SMILES string of the molecule is C=Cc1ccc(CCN(Cc2ccccc2)Cc2ccccc2)cc1. The molecule has 0 aromatic heterocycles. The van der Waals surface area contributed by atoms with Gasteiger partial charge in [0.15, 0.2) is 0 Å². The van der Waals surface area contributed by atoms with Gasteiger partial charge in [0, 0.05) is 19.6 Å². The van der Waals surface area contributed by atoms with Gasteiger partial charge in [0.25, 0.3) is 0 Å². The zero-order valence-electron chi connectivity index (χ0n) is 14.6. The predicted octanol–water partition coefficient (Wildman–Crippen LogP) is 5.57. The second kappa shape index (κ2) is 9.00. The van der Waals surface area contributed by atoms with Gasteiger partial charge in [-0.05, 0) is 28.7 Å². The number of hydrogen-bond donors (Lipinski definition) is 0. The number of rotatable bonds is 8. The molecule has 25 heavy (non-hydrogen) atoms. The smallest absolute Gasteiger partial charge is 0.0237 e. The van der Waals surface area contributed by atoms with Crippen LogP contribution in [-0.4, -0.2) is 11.4 Å². The zero-order valence-corrected chi connectivity index (χ0v) is 14.6. The van der Waals surface area contributed by atoms with Crippen molar-refractivity contribution in [1.82, 2.24) is 4.90 Å². The Morgan fingerprint density at radius 2 is 1.16 bits per heavy atom. The molecule has 0 aliphatic carbocycles. The molecule has 0 fully saturated rings. The van der Waals surface area contributed by atoms with Crippen LogP contribution in [0.3, 0.4) is 0 Å². The molecule has 0 spiro atoms. The molecule has 0 saturated carbocycles. The van der Waals surface area contributed by atoms with Crippen LogP contribution < -0.4 is 0 Å². The minimum Gasteiger partial charge on any atom is -0.295 e. The Balaban J connectivity index is 1.67. The molecule has 0 heterocycles. The van der Waals surface area contributed by atoms with Crippen molar-refractivity contribution in [3.63, 3.8) is 0 Å². The summed E-state index contributed by atoms with van der Waals surface area (Å²) in [7, 11) is 0. The summed E-state index contributed by atoms with van der Waals surface area (Å²) < 4.78 is 0. The lowest BCUT2D eigenvalue weighted by molar-refractivity contribution is 0.260. The second-order valence-electron chi connectivity index (χ2n) is 6.38. The van der Waals surface area contributed by atoms with Gasteiger partial charge in [-0.3, -0.25) is 4.90 Å². The zero-order chi connectivity index (χ0) is 17.3. The molecule has 0 amide bonds. The van der Waals surface area contributed by atoms with E-state index in [1.165, 1.54) is 22.3 Å². The molecule has 0 radical (unpaired) electrons. The first-order valence-electron chi connectivity index (χ1n) is 8.85. The van der Waals surface area contributed by atoms with Gasteiger partial charge in [-0.1, -0.05) is 97.6 Å². The second-order valence-corrected chi connectivity index (χ2v) is 6.38. The van der Waals surface area contributed by atoms with Crippen molar-refractivity contribution in [3.8, 4) is 0 Å². The van der Waals surface area contributed by atoms with Crippen molar-refractivity contribution in [2.24, 2.45) is 0 Å². The van der Waals surface area contributed by atoms with E-state index in [1.807, 2.05) is 6.08 Å². The lowest BCUT2D eigenvalue weighted by Crippen LogP contribution is -2.25. The molecule has 0 atom stereocenters. The molecule has 0 bridgehead atoms. The third-order valence-electron chi connectivity index (χ3n) is 4.43. The average Bonchev–Trinajstić information content (AvgIpc) is 2.68. The largest absolute Gasteiger partial charge is 0.295 e. The third-order valence-corrected chi connectivity index (χ3v) is 4.43. The average molecular weight is 327 g/mol. The van der Waals surface area contributed by atoms with Crippen molar-refractivity contribution in [3.05, 3.63) is 114 Å². The van der Waals surface area contributed by atoms with E-state index in [0.717, 1.165) is 26.1 Å². The maximum Gasteiger partial charge on any atom is 0.0237 e. The van der Waals surface area contributed by atoms with Crippen LogP contribution in [0.4, 0.5) is 0 Å². The maximum absolute atomic E-state index is 3.82. The van der Waals surface area contributed by atoms with Crippen LogP contribution in [0, 0.1) is 0 Å². The fourth-order valence-electron chi connectivity index (χ4n) is 3.00. The number of hydrogen-bond acceptors (Lipinski definition) is 1. The van der Waals surface area contributed by atoms with E-state index in [4.69, 9.17) is 0 Å². The van der Waals surface area contributed by atoms with Gasteiger partial charge >= 0.3 is 0 Å². The van der Waals surface area contributed by atoms with Gasteiger partial charge in [0.2, 0.25) is 0 Å². The highest BCUT2D eigenvalue weighted by Crippen LogP contribution is 2.12. The van der Waals surface area contributed by atoms with E-state index < -0.39 is 0 Å². The number of benzene rings is 3. The minimum atomic E-state index is 0.973. The molecule has 3 aromatic rings. The Morgan fingerprint density at radius 3 is 1.64 bits per heavy atom. The highest BCUT2D eigenvalue weighted by atomic mass is 15.1. The van der Waals surface area contributed by atoms with Gasteiger partial charge in [-0.25, -0.2) is 0 Å². The quantitative estimate of drug-likeness (QED) is 0.522. The number of nitrogens with zero attached hydrogens (tertiary/aromatic N) is 1. The summed E-state index contributed by atoms with van der Waals surface area (Å²) in [4.78, 5) is 2.52. The highest BCUT2D eigenvalue weighted by Gasteiger charge is 2.07. The lowest BCUT2D eigenvalue weighted by atomic mass is 10.1. The van der Waals surface area contributed by atoms with Crippen LogP contribution in [0.15, 0.2) is 91.5 Å². The van der Waals surface area contributed by atoms with Gasteiger partial charge in [-0.2, -0.15) is 0 Å². The van der Waals surface area contributed by atoms with Crippen LogP contribution in [0.1, 0.15) is 22.3 Å².